The fraction of sp³-hybridized carbons (Fsp3) is 0.425. The third-order valence-electron chi connectivity index (χ3n) is 9.49. The van der Waals surface area contributed by atoms with E-state index >= 15 is 0 Å². The first-order valence-electron chi connectivity index (χ1n) is 16.7. The third kappa shape index (κ3) is 9.87. The minimum atomic E-state index is -0.359. The summed E-state index contributed by atoms with van der Waals surface area (Å²) in [5, 5.41) is 3.95. The predicted octanol–water partition coefficient (Wildman–Crippen LogP) is 11.9. The molecular weight excluding hydrogens is 630 g/mol. The second kappa shape index (κ2) is 17.8. The van der Waals surface area contributed by atoms with Gasteiger partial charge in [-0.25, -0.2) is 4.39 Å². The number of amides is 1. The molecule has 1 fully saturated rings. The maximum Gasteiger partial charge on any atom is 0.211 e. The summed E-state index contributed by atoms with van der Waals surface area (Å²) >= 11 is 12.3. The molecule has 0 aromatic heterocycles. The summed E-state index contributed by atoms with van der Waals surface area (Å²) in [7, 11) is 0. The zero-order valence-corrected chi connectivity index (χ0v) is 30.6. The van der Waals surface area contributed by atoms with E-state index in [9.17, 15) is 9.18 Å². The first-order chi connectivity index (χ1) is 22.4. The van der Waals surface area contributed by atoms with E-state index in [1.807, 2.05) is 32.0 Å². The minimum absolute atomic E-state index is 0.0505. The summed E-state index contributed by atoms with van der Waals surface area (Å²) in [6.07, 6.45) is 8.10. The van der Waals surface area contributed by atoms with E-state index in [0.29, 0.717) is 23.0 Å². The fourth-order valence-electron chi connectivity index (χ4n) is 6.40. The summed E-state index contributed by atoms with van der Waals surface area (Å²) in [6, 6.07) is 16.1. The summed E-state index contributed by atoms with van der Waals surface area (Å²) < 4.78 is 20.2. The fourth-order valence-corrected chi connectivity index (χ4v) is 6.75. The van der Waals surface area contributed by atoms with Crippen LogP contribution in [0.4, 0.5) is 10.1 Å². The average molecular weight is 682 g/mol. The van der Waals surface area contributed by atoms with Crippen LogP contribution in [0.3, 0.4) is 0 Å². The van der Waals surface area contributed by atoms with Crippen LogP contribution in [-0.4, -0.2) is 30.0 Å². The Morgan fingerprint density at radius 2 is 1.64 bits per heavy atom. The lowest BCUT2D eigenvalue weighted by Gasteiger charge is -2.40. The van der Waals surface area contributed by atoms with Gasteiger partial charge in [0.15, 0.2) is 0 Å². The first kappa shape index (κ1) is 38.2. The number of carbonyl (C=O) groups excluding carboxylic acids is 1. The Morgan fingerprint density at radius 1 is 1.00 bits per heavy atom. The molecule has 3 aromatic carbocycles. The lowest BCUT2D eigenvalue weighted by atomic mass is 9.89. The second-order valence-corrected chi connectivity index (χ2v) is 13.5. The Balaban J connectivity index is 0.000000267. The van der Waals surface area contributed by atoms with Gasteiger partial charge < -0.3 is 15.0 Å². The lowest BCUT2D eigenvalue weighted by molar-refractivity contribution is -0.105. The highest BCUT2D eigenvalue weighted by molar-refractivity contribution is 6.31. The number of rotatable bonds is 13. The molecule has 2 unspecified atom stereocenters. The van der Waals surface area contributed by atoms with Gasteiger partial charge in [0.1, 0.15) is 17.2 Å². The number of allylic oxidation sites excluding steroid dienone is 2. The Morgan fingerprint density at radius 3 is 2.26 bits per heavy atom. The van der Waals surface area contributed by atoms with Gasteiger partial charge in [-0.2, -0.15) is 0 Å². The molecule has 0 spiro atoms. The smallest absolute Gasteiger partial charge is 0.211 e. The summed E-state index contributed by atoms with van der Waals surface area (Å²) in [4.78, 5) is 13.1. The highest BCUT2D eigenvalue weighted by atomic mass is 35.5. The molecule has 3 aromatic rings. The van der Waals surface area contributed by atoms with Crippen molar-refractivity contribution in [1.82, 2.24) is 4.90 Å². The van der Waals surface area contributed by atoms with E-state index in [-0.39, 0.29) is 17.3 Å². The number of nitrogens with one attached hydrogen (secondary N) is 1. The molecule has 1 aliphatic rings. The molecule has 0 aliphatic carbocycles. The SMILES string of the molecule is C=C(N1CCCC1)C(CC)(CC)Oc1ccc(Cl)cc1C(C)C/C(C)=C/C.Cc1ccc(F)cc1C(C)c1ccc(Cl)cc1NC=O. The lowest BCUT2D eigenvalue weighted by Crippen LogP contribution is -2.43. The predicted molar refractivity (Wildman–Crippen MR) is 198 cm³/mol. The molecule has 0 radical (unpaired) electrons. The number of carbonyl (C=O) groups is 1. The summed E-state index contributed by atoms with van der Waals surface area (Å²) in [5.41, 5.74) is 6.77. The third-order valence-corrected chi connectivity index (χ3v) is 9.96. The Bertz CT molecular complexity index is 1540. The number of halogens is 3. The number of nitrogens with zero attached hydrogens (tertiary/aromatic N) is 1. The van der Waals surface area contributed by atoms with Gasteiger partial charge in [0.2, 0.25) is 6.41 Å². The number of hydrogen-bond donors (Lipinski definition) is 1. The molecule has 1 amide bonds. The molecule has 4 nitrogen and oxygen atoms in total. The first-order valence-corrected chi connectivity index (χ1v) is 17.4. The normalized spacial score (nSPS) is 14.6. The van der Waals surface area contributed by atoms with Crippen LogP contribution >= 0.6 is 23.2 Å². The van der Waals surface area contributed by atoms with Crippen molar-refractivity contribution in [3.63, 3.8) is 0 Å². The van der Waals surface area contributed by atoms with Crippen LogP contribution in [0.1, 0.15) is 108 Å². The van der Waals surface area contributed by atoms with Crippen molar-refractivity contribution < 1.29 is 13.9 Å². The molecule has 0 bridgehead atoms. The van der Waals surface area contributed by atoms with E-state index in [1.54, 1.807) is 18.2 Å². The van der Waals surface area contributed by atoms with Gasteiger partial charge >= 0.3 is 0 Å². The Labute approximate surface area is 292 Å². The van der Waals surface area contributed by atoms with Crippen molar-refractivity contribution in [1.29, 1.82) is 0 Å². The van der Waals surface area contributed by atoms with Crippen molar-refractivity contribution in [2.75, 3.05) is 18.4 Å². The molecule has 0 saturated carbocycles. The molecule has 1 heterocycles. The van der Waals surface area contributed by atoms with Crippen LogP contribution < -0.4 is 10.1 Å². The standard InChI is InChI=1S/C24H36ClNO.C16H15ClFNO/c1-7-18(4)16-19(5)22-17-21(25)12-13-23(22)27-24(8-2,9-3)20(6)26-14-10-11-15-26;1-10-3-5-13(18)8-15(10)11(2)14-6-4-12(17)7-16(14)19-9-20/h7,12-13,17,19H,6,8-11,14-16H2,1-5H3;3-9,11H,1-2H3,(H,19,20)/b18-7+;. The van der Waals surface area contributed by atoms with Crippen molar-refractivity contribution in [3.05, 3.63) is 117 Å². The van der Waals surface area contributed by atoms with Crippen LogP contribution in [0.15, 0.2) is 78.5 Å². The Hall–Kier alpha value is -3.28. The van der Waals surface area contributed by atoms with E-state index in [0.717, 1.165) is 65.5 Å². The van der Waals surface area contributed by atoms with Crippen LogP contribution in [0, 0.1) is 12.7 Å². The van der Waals surface area contributed by atoms with Crippen LogP contribution in [0.5, 0.6) is 5.75 Å². The van der Waals surface area contributed by atoms with Gasteiger partial charge in [-0.1, -0.05) is 81.3 Å². The van der Waals surface area contributed by atoms with Gasteiger partial charge in [-0.15, -0.1) is 0 Å². The van der Waals surface area contributed by atoms with E-state index in [1.165, 1.54) is 36.1 Å². The highest BCUT2D eigenvalue weighted by Gasteiger charge is 2.37. The number of likely N-dealkylation sites (tertiary alicyclic amines) is 1. The number of hydrogen-bond acceptors (Lipinski definition) is 3. The van der Waals surface area contributed by atoms with E-state index in [2.05, 4.69) is 63.6 Å². The maximum absolute atomic E-state index is 13.4. The number of ether oxygens (including phenoxy) is 1. The number of benzene rings is 3. The largest absolute Gasteiger partial charge is 0.481 e. The molecule has 1 N–H and O–H groups in total. The molecule has 47 heavy (non-hydrogen) atoms. The maximum atomic E-state index is 13.4. The molecule has 7 heteroatoms. The van der Waals surface area contributed by atoms with Crippen LogP contribution in [-0.2, 0) is 4.79 Å². The van der Waals surface area contributed by atoms with Crippen molar-refractivity contribution in [2.45, 2.75) is 98.0 Å². The van der Waals surface area contributed by atoms with Crippen molar-refractivity contribution >= 4 is 35.3 Å². The number of anilines is 1. The van der Waals surface area contributed by atoms with E-state index < -0.39 is 0 Å². The molecule has 2 atom stereocenters. The zero-order chi connectivity index (χ0) is 34.7. The molecular formula is C40H51Cl2FN2O2. The quantitative estimate of drug-likeness (QED) is 0.144. The van der Waals surface area contributed by atoms with Crippen LogP contribution in [0.25, 0.3) is 0 Å². The molecule has 1 aliphatic heterocycles. The monoisotopic (exact) mass is 680 g/mol. The van der Waals surface area contributed by atoms with E-state index in [4.69, 9.17) is 27.9 Å². The van der Waals surface area contributed by atoms with Gasteiger partial charge in [-0.05, 0) is 124 Å². The van der Waals surface area contributed by atoms with Crippen LogP contribution in [0.2, 0.25) is 10.0 Å². The van der Waals surface area contributed by atoms with Crippen molar-refractivity contribution in [2.24, 2.45) is 0 Å². The van der Waals surface area contributed by atoms with Gasteiger partial charge in [-0.3, -0.25) is 4.79 Å². The number of aryl methyl sites for hydroxylation is 1. The van der Waals surface area contributed by atoms with Gasteiger partial charge in [0.25, 0.3) is 0 Å². The molecule has 254 valence electrons. The topological polar surface area (TPSA) is 41.6 Å². The molecule has 1 saturated heterocycles. The summed E-state index contributed by atoms with van der Waals surface area (Å²) in [5.74, 6) is 0.975. The highest BCUT2D eigenvalue weighted by Crippen LogP contribution is 2.40. The minimum Gasteiger partial charge on any atom is -0.481 e. The Kier molecular flexibility index (Phi) is 14.4. The van der Waals surface area contributed by atoms with Gasteiger partial charge in [0.05, 0.1) is 5.70 Å². The molecule has 4 rings (SSSR count). The van der Waals surface area contributed by atoms with Crippen molar-refractivity contribution in [3.8, 4) is 5.75 Å². The summed E-state index contributed by atoms with van der Waals surface area (Å²) in [6.45, 7) is 21.5. The van der Waals surface area contributed by atoms with Gasteiger partial charge in [0, 0.05) is 34.7 Å². The second-order valence-electron chi connectivity index (χ2n) is 12.6. The zero-order valence-electron chi connectivity index (χ0n) is 29.1. The average Bonchev–Trinajstić information content (AvgIpc) is 3.60.